The van der Waals surface area contributed by atoms with Gasteiger partial charge in [0, 0.05) is 0 Å². The molecular formula is C17H38O8S. The van der Waals surface area contributed by atoms with Gasteiger partial charge in [-0.1, -0.05) is 14.9 Å². The standard InChI is InChI=1S/C8H16O5S.C7H14O3.2CH4/c1-6(2)13-8(9)7(3)5-12-14(4,10)11;1-5(2)10-7(9)6(3)4-8;;/h6-7H,5H2,1-4H3;5-6,8H,4H2,1-3H3;2*1H4. The van der Waals surface area contributed by atoms with Crippen molar-refractivity contribution in [2.75, 3.05) is 19.5 Å². The number of aliphatic hydroxyl groups is 1. The van der Waals surface area contributed by atoms with Crippen molar-refractivity contribution < 1.29 is 36.8 Å². The molecule has 0 aromatic carbocycles. The minimum Gasteiger partial charge on any atom is -0.463 e. The minimum absolute atomic E-state index is 0. The molecule has 0 fully saturated rings. The van der Waals surface area contributed by atoms with E-state index in [1.807, 2.05) is 0 Å². The van der Waals surface area contributed by atoms with E-state index in [0.29, 0.717) is 0 Å². The first-order chi connectivity index (χ1) is 10.8. The van der Waals surface area contributed by atoms with Crippen LogP contribution >= 0.6 is 0 Å². The maximum atomic E-state index is 11.2. The SMILES string of the molecule is C.C.CC(C)OC(=O)C(C)CO.CC(C)OC(=O)C(C)COS(C)(=O)=O. The van der Waals surface area contributed by atoms with Crippen molar-refractivity contribution in [1.29, 1.82) is 0 Å². The number of carbonyl (C=O) groups excluding carboxylic acids is 2. The Balaban J connectivity index is -0.000000181. The molecule has 0 amide bonds. The molecule has 26 heavy (non-hydrogen) atoms. The zero-order valence-electron chi connectivity index (χ0n) is 15.4. The normalized spacial score (nSPS) is 12.7. The highest BCUT2D eigenvalue weighted by atomic mass is 32.2. The van der Waals surface area contributed by atoms with E-state index in [9.17, 15) is 18.0 Å². The van der Waals surface area contributed by atoms with Crippen molar-refractivity contribution in [2.24, 2.45) is 11.8 Å². The Morgan fingerprint density at radius 1 is 0.846 bits per heavy atom. The lowest BCUT2D eigenvalue weighted by Gasteiger charge is -2.12. The van der Waals surface area contributed by atoms with Crippen LogP contribution in [0.3, 0.4) is 0 Å². The minimum atomic E-state index is -3.49. The lowest BCUT2D eigenvalue weighted by molar-refractivity contribution is -0.153. The third kappa shape index (κ3) is 20.9. The summed E-state index contributed by atoms with van der Waals surface area (Å²) in [5, 5.41) is 8.52. The van der Waals surface area contributed by atoms with E-state index < -0.39 is 27.9 Å². The highest BCUT2D eigenvalue weighted by Gasteiger charge is 2.18. The van der Waals surface area contributed by atoms with Crippen LogP contribution in [-0.4, -0.2) is 57.1 Å². The van der Waals surface area contributed by atoms with Gasteiger partial charge in [-0.15, -0.1) is 0 Å². The number of hydrogen-bond donors (Lipinski definition) is 1. The van der Waals surface area contributed by atoms with Crippen LogP contribution in [0, 0.1) is 11.8 Å². The van der Waals surface area contributed by atoms with Gasteiger partial charge in [0.25, 0.3) is 10.1 Å². The number of rotatable bonds is 8. The smallest absolute Gasteiger partial charge is 0.311 e. The average Bonchev–Trinajstić information content (AvgIpc) is 2.42. The first kappa shape index (κ1) is 32.5. The second-order valence-electron chi connectivity index (χ2n) is 5.94. The molecule has 0 spiro atoms. The van der Waals surface area contributed by atoms with Crippen LogP contribution in [0.2, 0.25) is 0 Å². The van der Waals surface area contributed by atoms with Crippen LogP contribution in [0.4, 0.5) is 0 Å². The number of hydrogen-bond acceptors (Lipinski definition) is 8. The molecule has 0 aliphatic heterocycles. The topological polar surface area (TPSA) is 116 Å². The van der Waals surface area contributed by atoms with Gasteiger partial charge in [0.15, 0.2) is 0 Å². The van der Waals surface area contributed by atoms with Crippen LogP contribution in [0.1, 0.15) is 56.4 Å². The molecule has 9 heteroatoms. The predicted molar refractivity (Wildman–Crippen MR) is 102 cm³/mol. The maximum absolute atomic E-state index is 11.2. The highest BCUT2D eigenvalue weighted by Crippen LogP contribution is 2.04. The third-order valence-electron chi connectivity index (χ3n) is 2.31. The fourth-order valence-electron chi connectivity index (χ4n) is 1.07. The van der Waals surface area contributed by atoms with E-state index in [-0.39, 0.29) is 46.2 Å². The highest BCUT2D eigenvalue weighted by molar-refractivity contribution is 7.85. The van der Waals surface area contributed by atoms with Gasteiger partial charge >= 0.3 is 11.9 Å². The molecule has 8 nitrogen and oxygen atoms in total. The summed E-state index contributed by atoms with van der Waals surface area (Å²) in [6.45, 7) is 9.87. The molecule has 0 aliphatic carbocycles. The van der Waals surface area contributed by atoms with E-state index in [1.165, 1.54) is 0 Å². The zero-order valence-corrected chi connectivity index (χ0v) is 16.3. The van der Waals surface area contributed by atoms with Crippen LogP contribution in [0.15, 0.2) is 0 Å². The van der Waals surface area contributed by atoms with Gasteiger partial charge in [0.2, 0.25) is 0 Å². The van der Waals surface area contributed by atoms with Gasteiger partial charge in [-0.05, 0) is 41.5 Å². The van der Waals surface area contributed by atoms with E-state index in [0.717, 1.165) is 6.26 Å². The molecule has 0 aliphatic rings. The molecule has 2 unspecified atom stereocenters. The quantitative estimate of drug-likeness (QED) is 0.486. The van der Waals surface area contributed by atoms with E-state index in [2.05, 4.69) is 4.18 Å². The molecule has 0 bridgehead atoms. The molecule has 0 saturated carbocycles. The monoisotopic (exact) mass is 402 g/mol. The summed E-state index contributed by atoms with van der Waals surface area (Å²) in [6.07, 6.45) is 0.637. The van der Waals surface area contributed by atoms with Gasteiger partial charge in [0.1, 0.15) is 0 Å². The second-order valence-corrected chi connectivity index (χ2v) is 7.59. The van der Waals surface area contributed by atoms with Crippen molar-refractivity contribution in [2.45, 2.75) is 68.6 Å². The molecule has 1 N–H and O–H groups in total. The van der Waals surface area contributed by atoms with Crippen molar-refractivity contribution >= 4 is 22.1 Å². The Morgan fingerprint density at radius 3 is 1.46 bits per heavy atom. The third-order valence-corrected chi connectivity index (χ3v) is 2.88. The van der Waals surface area contributed by atoms with E-state index in [1.54, 1.807) is 41.5 Å². The average molecular weight is 403 g/mol. The van der Waals surface area contributed by atoms with Crippen LogP contribution in [0.5, 0.6) is 0 Å². The molecule has 0 rings (SSSR count). The summed E-state index contributed by atoms with van der Waals surface area (Å²) >= 11 is 0. The van der Waals surface area contributed by atoms with Crippen LogP contribution < -0.4 is 0 Å². The van der Waals surface area contributed by atoms with Gasteiger partial charge in [-0.2, -0.15) is 8.42 Å². The summed E-state index contributed by atoms with van der Waals surface area (Å²) in [5.74, 6) is -1.77. The molecule has 0 saturated heterocycles. The van der Waals surface area contributed by atoms with Gasteiger partial charge in [-0.25, -0.2) is 0 Å². The van der Waals surface area contributed by atoms with E-state index >= 15 is 0 Å². The summed E-state index contributed by atoms with van der Waals surface area (Å²) in [5.41, 5.74) is 0. The largest absolute Gasteiger partial charge is 0.463 e. The molecule has 2 atom stereocenters. The molecule has 0 aromatic heterocycles. The summed E-state index contributed by atoms with van der Waals surface area (Å²) in [4.78, 5) is 22.0. The van der Waals surface area contributed by atoms with Crippen molar-refractivity contribution in [3.05, 3.63) is 0 Å². The van der Waals surface area contributed by atoms with Gasteiger partial charge in [0.05, 0.1) is 43.5 Å². The lowest BCUT2D eigenvalue weighted by Crippen LogP contribution is -2.23. The Bertz CT molecular complexity index is 471. The predicted octanol–water partition coefficient (Wildman–Crippen LogP) is 2.39. The fourth-order valence-corrected chi connectivity index (χ4v) is 1.52. The first-order valence-corrected chi connectivity index (χ1v) is 9.48. The molecular weight excluding hydrogens is 364 g/mol. The summed E-state index contributed by atoms with van der Waals surface area (Å²) in [7, 11) is -3.49. The molecule has 0 radical (unpaired) electrons. The molecule has 0 aromatic rings. The van der Waals surface area contributed by atoms with Crippen LogP contribution in [0.25, 0.3) is 0 Å². The Hall–Kier alpha value is -1.19. The van der Waals surface area contributed by atoms with Crippen LogP contribution in [-0.2, 0) is 33.4 Å². The van der Waals surface area contributed by atoms with Crippen molar-refractivity contribution in [3.8, 4) is 0 Å². The summed E-state index contributed by atoms with van der Waals surface area (Å²) in [6, 6.07) is 0. The molecule has 0 heterocycles. The lowest BCUT2D eigenvalue weighted by atomic mass is 10.2. The Labute approximate surface area is 159 Å². The number of ether oxygens (including phenoxy) is 2. The Kier molecular flexibility index (Phi) is 20.0. The van der Waals surface area contributed by atoms with E-state index in [4.69, 9.17) is 14.6 Å². The maximum Gasteiger partial charge on any atom is 0.311 e. The zero-order chi connectivity index (χ0) is 19.5. The van der Waals surface area contributed by atoms with Gasteiger partial charge in [-0.3, -0.25) is 13.8 Å². The van der Waals surface area contributed by atoms with Crippen molar-refractivity contribution in [3.63, 3.8) is 0 Å². The number of esters is 2. The van der Waals surface area contributed by atoms with Crippen molar-refractivity contribution in [1.82, 2.24) is 0 Å². The summed E-state index contributed by atoms with van der Waals surface area (Å²) < 4.78 is 35.3. The second kappa shape index (κ2) is 16.0. The fraction of sp³-hybridized carbons (Fsp3) is 0.882. The number of aliphatic hydroxyl groups excluding tert-OH is 1. The first-order valence-electron chi connectivity index (χ1n) is 7.66. The van der Waals surface area contributed by atoms with Gasteiger partial charge < -0.3 is 14.6 Å². The Morgan fingerprint density at radius 2 is 1.19 bits per heavy atom. The molecule has 160 valence electrons. The number of carbonyl (C=O) groups is 2.